The van der Waals surface area contributed by atoms with E-state index < -0.39 is 30.8 Å². The Labute approximate surface area is 107 Å². The van der Waals surface area contributed by atoms with Gasteiger partial charge in [-0.1, -0.05) is 11.6 Å². The Balaban J connectivity index is 2.87. The molecule has 1 heterocycles. The molecule has 0 aromatic carbocycles. The average Bonchev–Trinajstić information content (AvgIpc) is 2.44. The van der Waals surface area contributed by atoms with Gasteiger partial charge < -0.3 is 5.11 Å². The third-order valence-corrected chi connectivity index (χ3v) is 3.38. The predicted molar refractivity (Wildman–Crippen MR) is 54.6 cm³/mol. The quantitative estimate of drug-likeness (QED) is 0.835. The van der Waals surface area contributed by atoms with Crippen LogP contribution >= 0.6 is 22.9 Å². The number of rotatable bonds is 3. The van der Waals surface area contributed by atoms with Crippen molar-refractivity contribution in [2.24, 2.45) is 5.92 Å². The first-order chi connectivity index (χ1) is 8.01. The van der Waals surface area contributed by atoms with Gasteiger partial charge in [0.1, 0.15) is 0 Å². The van der Waals surface area contributed by atoms with Crippen LogP contribution in [0.25, 0.3) is 0 Å². The molecule has 1 rings (SSSR count). The molecule has 1 aromatic rings. The lowest BCUT2D eigenvalue weighted by Gasteiger charge is -2.27. The van der Waals surface area contributed by atoms with Crippen LogP contribution in [0.1, 0.15) is 4.88 Å². The molecule has 0 radical (unpaired) electrons. The second kappa shape index (κ2) is 5.26. The third kappa shape index (κ3) is 4.03. The maximum absolute atomic E-state index is 12.3. The van der Waals surface area contributed by atoms with Crippen LogP contribution in [0.5, 0.6) is 0 Å². The second-order valence-electron chi connectivity index (χ2n) is 3.54. The molecule has 18 heavy (non-hydrogen) atoms. The van der Waals surface area contributed by atoms with Gasteiger partial charge in [0.25, 0.3) is 0 Å². The summed E-state index contributed by atoms with van der Waals surface area (Å²) in [5.41, 5.74) is 0. The zero-order chi connectivity index (χ0) is 14.1. The molecule has 0 fully saturated rings. The van der Waals surface area contributed by atoms with Crippen molar-refractivity contribution in [2.45, 2.75) is 24.9 Å². The molecule has 0 aliphatic carbocycles. The minimum absolute atomic E-state index is 0.158. The number of aliphatic hydroxyl groups is 1. The van der Waals surface area contributed by atoms with Crippen LogP contribution < -0.4 is 0 Å². The second-order valence-corrected chi connectivity index (χ2v) is 5.34. The molecule has 0 aliphatic rings. The molecule has 104 valence electrons. The minimum Gasteiger partial charge on any atom is -0.392 e. The summed E-state index contributed by atoms with van der Waals surface area (Å²) >= 11 is 6.32. The van der Waals surface area contributed by atoms with Gasteiger partial charge in [-0.25, -0.2) is 0 Å². The van der Waals surface area contributed by atoms with Crippen molar-refractivity contribution in [3.63, 3.8) is 0 Å². The van der Waals surface area contributed by atoms with Crippen LogP contribution in [0.3, 0.4) is 0 Å². The molecule has 1 unspecified atom stereocenters. The highest BCUT2D eigenvalue weighted by Gasteiger charge is 2.60. The maximum atomic E-state index is 12.3. The van der Waals surface area contributed by atoms with Crippen LogP contribution in [0.15, 0.2) is 12.1 Å². The van der Waals surface area contributed by atoms with E-state index in [1.165, 1.54) is 12.1 Å². The third-order valence-electron chi connectivity index (χ3n) is 2.13. The fraction of sp³-hybridized carbons (Fsp3) is 0.556. The van der Waals surface area contributed by atoms with E-state index in [0.29, 0.717) is 0 Å². The molecule has 9 heteroatoms. The van der Waals surface area contributed by atoms with E-state index >= 15 is 0 Å². The van der Waals surface area contributed by atoms with Crippen molar-refractivity contribution < 1.29 is 31.4 Å². The summed E-state index contributed by atoms with van der Waals surface area (Å²) in [6, 6.07) is 2.62. The lowest BCUT2D eigenvalue weighted by molar-refractivity contribution is -0.305. The van der Waals surface area contributed by atoms with Gasteiger partial charge in [0, 0.05) is 11.3 Å². The molecular formula is C9H7ClF6OS. The van der Waals surface area contributed by atoms with Crippen LogP contribution in [-0.4, -0.2) is 23.6 Å². The highest BCUT2D eigenvalue weighted by atomic mass is 35.5. The summed E-state index contributed by atoms with van der Waals surface area (Å²) < 4.78 is 73.9. The van der Waals surface area contributed by atoms with E-state index in [9.17, 15) is 26.3 Å². The topological polar surface area (TPSA) is 20.2 Å². The number of hydrogen-bond donors (Lipinski definition) is 1. The molecule has 0 saturated carbocycles. The molecule has 1 atom stereocenters. The molecule has 1 N–H and O–H groups in total. The average molecular weight is 313 g/mol. The summed E-state index contributed by atoms with van der Waals surface area (Å²) in [6.07, 6.45) is -14.4. The minimum atomic E-state index is -5.54. The molecule has 0 bridgehead atoms. The van der Waals surface area contributed by atoms with Gasteiger partial charge in [-0.15, -0.1) is 11.3 Å². The molecule has 1 aromatic heterocycles. The van der Waals surface area contributed by atoms with Crippen molar-refractivity contribution in [3.8, 4) is 0 Å². The van der Waals surface area contributed by atoms with E-state index in [1.54, 1.807) is 0 Å². The van der Waals surface area contributed by atoms with Gasteiger partial charge in [-0.3, -0.25) is 0 Å². The van der Waals surface area contributed by atoms with E-state index in [0.717, 1.165) is 11.3 Å². The molecule has 0 spiro atoms. The Hall–Kier alpha value is -0.470. The van der Waals surface area contributed by atoms with Crippen LogP contribution in [0, 0.1) is 5.92 Å². The van der Waals surface area contributed by atoms with Gasteiger partial charge in [0.05, 0.1) is 10.4 Å². The van der Waals surface area contributed by atoms with Crippen molar-refractivity contribution in [1.82, 2.24) is 0 Å². The number of alkyl halides is 6. The molecule has 1 nitrogen and oxygen atoms in total. The standard InChI is InChI=1S/C9H7ClF6OS/c10-6-2-1-4(18-6)3-5(17)7(8(11,12)13)9(14,15)16/h1-2,5,7,17H,3H2. The van der Waals surface area contributed by atoms with Crippen LogP contribution in [0.2, 0.25) is 4.34 Å². The Morgan fingerprint density at radius 3 is 1.94 bits per heavy atom. The van der Waals surface area contributed by atoms with E-state index in [1.807, 2.05) is 0 Å². The Kier molecular flexibility index (Phi) is 4.56. The maximum Gasteiger partial charge on any atom is 0.403 e. The van der Waals surface area contributed by atoms with Crippen molar-refractivity contribution in [2.75, 3.05) is 0 Å². The number of halogens is 7. The lowest BCUT2D eigenvalue weighted by Crippen LogP contribution is -2.45. The number of aliphatic hydroxyl groups excluding tert-OH is 1. The highest BCUT2D eigenvalue weighted by molar-refractivity contribution is 7.16. The largest absolute Gasteiger partial charge is 0.403 e. The Morgan fingerprint density at radius 1 is 1.11 bits per heavy atom. The smallest absolute Gasteiger partial charge is 0.392 e. The molecule has 0 saturated heterocycles. The fourth-order valence-corrected chi connectivity index (χ4v) is 2.54. The molecule has 0 aliphatic heterocycles. The predicted octanol–water partition coefficient (Wildman–Crippen LogP) is 4.05. The van der Waals surface area contributed by atoms with Crippen LogP contribution in [-0.2, 0) is 6.42 Å². The zero-order valence-corrected chi connectivity index (χ0v) is 10.1. The van der Waals surface area contributed by atoms with Gasteiger partial charge in [0.2, 0.25) is 0 Å². The van der Waals surface area contributed by atoms with Gasteiger partial charge in [-0.05, 0) is 12.1 Å². The monoisotopic (exact) mass is 312 g/mol. The Morgan fingerprint density at radius 2 is 1.61 bits per heavy atom. The summed E-state index contributed by atoms with van der Waals surface area (Å²) in [4.78, 5) is 0.158. The normalized spacial score (nSPS) is 15.2. The Bertz CT molecular complexity index is 384. The summed E-state index contributed by atoms with van der Waals surface area (Å²) in [6.45, 7) is 0. The first-order valence-corrected chi connectivity index (χ1v) is 5.77. The van der Waals surface area contributed by atoms with Gasteiger partial charge >= 0.3 is 12.4 Å². The van der Waals surface area contributed by atoms with Crippen molar-refractivity contribution >= 4 is 22.9 Å². The van der Waals surface area contributed by atoms with Crippen molar-refractivity contribution in [3.05, 3.63) is 21.3 Å². The first kappa shape index (κ1) is 15.6. The fourth-order valence-electron chi connectivity index (χ4n) is 1.41. The summed E-state index contributed by atoms with van der Waals surface area (Å²) in [5.74, 6) is -3.76. The van der Waals surface area contributed by atoms with E-state index in [2.05, 4.69) is 0 Å². The van der Waals surface area contributed by atoms with E-state index in [4.69, 9.17) is 16.7 Å². The van der Waals surface area contributed by atoms with Crippen LogP contribution in [0.4, 0.5) is 26.3 Å². The summed E-state index contributed by atoms with van der Waals surface area (Å²) in [7, 11) is 0. The zero-order valence-electron chi connectivity index (χ0n) is 8.52. The highest BCUT2D eigenvalue weighted by Crippen LogP contribution is 2.42. The van der Waals surface area contributed by atoms with Gasteiger partial charge in [0.15, 0.2) is 5.92 Å². The lowest BCUT2D eigenvalue weighted by atomic mass is 9.98. The number of hydrogen-bond acceptors (Lipinski definition) is 2. The van der Waals surface area contributed by atoms with E-state index in [-0.39, 0.29) is 9.21 Å². The number of thiophene rings is 1. The molecular weight excluding hydrogens is 306 g/mol. The first-order valence-electron chi connectivity index (χ1n) is 4.57. The summed E-state index contributed by atoms with van der Waals surface area (Å²) in [5, 5.41) is 9.17. The SMILES string of the molecule is OC(Cc1ccc(Cl)s1)C(C(F)(F)F)C(F)(F)F. The molecule has 0 amide bonds. The van der Waals surface area contributed by atoms with Crippen molar-refractivity contribution in [1.29, 1.82) is 0 Å². The van der Waals surface area contributed by atoms with Gasteiger partial charge in [-0.2, -0.15) is 26.3 Å².